The Kier molecular flexibility index (Phi) is 8.00. The van der Waals surface area contributed by atoms with Crippen LogP contribution in [0.1, 0.15) is 89.5 Å². The maximum absolute atomic E-state index is 6.01. The molecule has 4 rings (SSSR count). The fourth-order valence-corrected chi connectivity index (χ4v) is 5.64. The molecular weight excluding hydrogens is 392 g/mol. The molecule has 4 N–H and O–H groups in total. The summed E-state index contributed by atoms with van der Waals surface area (Å²) < 4.78 is 5.95. The zero-order valence-electron chi connectivity index (χ0n) is 19.7. The van der Waals surface area contributed by atoms with E-state index < -0.39 is 0 Å². The molecule has 2 aliphatic carbocycles. The first kappa shape index (κ1) is 23.0. The minimum Gasteiger partial charge on any atom is -0.455 e. The highest BCUT2D eigenvalue weighted by atomic mass is 16.5. The largest absolute Gasteiger partial charge is 0.455 e. The summed E-state index contributed by atoms with van der Waals surface area (Å²) in [6.07, 6.45) is 16.5. The van der Waals surface area contributed by atoms with Crippen molar-refractivity contribution in [3.8, 4) is 11.5 Å². The molecule has 0 atom stereocenters. The van der Waals surface area contributed by atoms with E-state index in [0.717, 1.165) is 17.6 Å². The Morgan fingerprint density at radius 3 is 2.22 bits per heavy atom. The van der Waals surface area contributed by atoms with Gasteiger partial charge in [-0.3, -0.25) is 0 Å². The minimum absolute atomic E-state index is 0.564. The zero-order valence-corrected chi connectivity index (χ0v) is 19.7. The number of benzene rings is 2. The molecule has 0 aromatic heterocycles. The molecule has 0 aliphatic heterocycles. The Morgan fingerprint density at radius 2 is 1.56 bits per heavy atom. The number of nitrogen functional groups attached to an aromatic ring is 2. The Hall–Kier alpha value is -2.16. The van der Waals surface area contributed by atoms with Crippen molar-refractivity contribution in [1.29, 1.82) is 0 Å². The zero-order chi connectivity index (χ0) is 22.3. The number of unbranched alkanes of at least 4 members (excludes halogenated alkanes) is 2. The van der Waals surface area contributed by atoms with Gasteiger partial charge >= 0.3 is 0 Å². The minimum atomic E-state index is 0.564. The van der Waals surface area contributed by atoms with E-state index in [1.807, 2.05) is 18.1 Å². The Balaban J connectivity index is 1.23. The summed E-state index contributed by atoms with van der Waals surface area (Å²) in [7, 11) is 0. The van der Waals surface area contributed by atoms with Crippen LogP contribution in [0.4, 0.5) is 11.4 Å². The first-order valence-electron chi connectivity index (χ1n) is 12.7. The molecule has 172 valence electrons. The fraction of sp³-hybridized carbons (Fsp3) is 0.517. The number of anilines is 2. The van der Waals surface area contributed by atoms with Gasteiger partial charge in [-0.05, 0) is 105 Å². The SMILES string of the molecule is CCCCCC1CC[C](C2CC[C](c3ccc(Oc4ccc(N)cc4N)cc3)CC2)CC1. The van der Waals surface area contributed by atoms with Crippen LogP contribution in [0.2, 0.25) is 0 Å². The van der Waals surface area contributed by atoms with E-state index in [-0.39, 0.29) is 0 Å². The van der Waals surface area contributed by atoms with Crippen LogP contribution in [-0.4, -0.2) is 0 Å². The number of ether oxygens (including phenoxy) is 1. The maximum Gasteiger partial charge on any atom is 0.150 e. The molecule has 0 bridgehead atoms. The van der Waals surface area contributed by atoms with Gasteiger partial charge in [0.05, 0.1) is 5.69 Å². The second-order valence-electron chi connectivity index (χ2n) is 9.90. The quantitative estimate of drug-likeness (QED) is 0.327. The van der Waals surface area contributed by atoms with Crippen molar-refractivity contribution in [2.75, 3.05) is 11.5 Å². The highest BCUT2D eigenvalue weighted by Crippen LogP contribution is 2.45. The van der Waals surface area contributed by atoms with Crippen LogP contribution in [0.5, 0.6) is 11.5 Å². The van der Waals surface area contributed by atoms with Crippen LogP contribution >= 0.6 is 0 Å². The van der Waals surface area contributed by atoms with E-state index in [1.165, 1.54) is 82.6 Å². The van der Waals surface area contributed by atoms with Gasteiger partial charge in [0, 0.05) is 11.6 Å². The van der Waals surface area contributed by atoms with Gasteiger partial charge in [-0.1, -0.05) is 44.7 Å². The van der Waals surface area contributed by atoms with Crippen molar-refractivity contribution in [2.45, 2.75) is 84.0 Å². The lowest BCUT2D eigenvalue weighted by molar-refractivity contribution is 0.283. The summed E-state index contributed by atoms with van der Waals surface area (Å²) >= 11 is 0. The molecule has 0 saturated heterocycles. The lowest BCUT2D eigenvalue weighted by Gasteiger charge is -2.37. The molecule has 2 aromatic carbocycles. The van der Waals surface area contributed by atoms with E-state index in [0.29, 0.717) is 17.1 Å². The van der Waals surface area contributed by atoms with Crippen LogP contribution in [0.25, 0.3) is 0 Å². The monoisotopic (exact) mass is 432 g/mol. The van der Waals surface area contributed by atoms with Crippen molar-refractivity contribution in [1.82, 2.24) is 0 Å². The van der Waals surface area contributed by atoms with Crippen LogP contribution < -0.4 is 16.2 Å². The van der Waals surface area contributed by atoms with E-state index in [4.69, 9.17) is 16.2 Å². The summed E-state index contributed by atoms with van der Waals surface area (Å²) in [4.78, 5) is 0. The predicted octanol–water partition coefficient (Wildman–Crippen LogP) is 8.10. The molecule has 0 unspecified atom stereocenters. The second-order valence-corrected chi connectivity index (χ2v) is 9.90. The molecule has 3 heteroatoms. The van der Waals surface area contributed by atoms with Crippen LogP contribution in [0.3, 0.4) is 0 Å². The summed E-state index contributed by atoms with van der Waals surface area (Å²) in [6, 6.07) is 13.9. The molecule has 2 aliphatic rings. The molecule has 2 saturated carbocycles. The summed E-state index contributed by atoms with van der Waals surface area (Å²) in [6.45, 7) is 2.31. The number of nitrogens with two attached hydrogens (primary N) is 2. The van der Waals surface area contributed by atoms with Crippen molar-refractivity contribution in [2.24, 2.45) is 11.8 Å². The van der Waals surface area contributed by atoms with Crippen molar-refractivity contribution in [3.63, 3.8) is 0 Å². The third kappa shape index (κ3) is 5.99. The lowest BCUT2D eigenvalue weighted by Crippen LogP contribution is -2.24. The third-order valence-electron chi connectivity index (χ3n) is 7.65. The topological polar surface area (TPSA) is 61.3 Å². The predicted molar refractivity (Wildman–Crippen MR) is 135 cm³/mol. The Bertz CT molecular complexity index is 831. The smallest absolute Gasteiger partial charge is 0.150 e. The molecule has 3 nitrogen and oxygen atoms in total. The lowest BCUT2D eigenvalue weighted by atomic mass is 9.68. The van der Waals surface area contributed by atoms with Gasteiger partial charge in [-0.2, -0.15) is 0 Å². The van der Waals surface area contributed by atoms with E-state index in [9.17, 15) is 0 Å². The van der Waals surface area contributed by atoms with Crippen LogP contribution in [0, 0.1) is 23.7 Å². The van der Waals surface area contributed by atoms with E-state index in [1.54, 1.807) is 12.0 Å². The van der Waals surface area contributed by atoms with Crippen molar-refractivity contribution >= 4 is 11.4 Å². The summed E-state index contributed by atoms with van der Waals surface area (Å²) in [5.41, 5.74) is 14.4. The molecule has 0 amide bonds. The summed E-state index contributed by atoms with van der Waals surface area (Å²) in [5, 5.41) is 0. The Labute approximate surface area is 194 Å². The van der Waals surface area contributed by atoms with E-state index >= 15 is 0 Å². The normalized spacial score (nSPS) is 19.3. The van der Waals surface area contributed by atoms with Gasteiger partial charge in [-0.25, -0.2) is 0 Å². The first-order chi connectivity index (χ1) is 15.6. The number of hydrogen-bond donors (Lipinski definition) is 2. The fourth-order valence-electron chi connectivity index (χ4n) is 5.64. The third-order valence-corrected chi connectivity index (χ3v) is 7.65. The number of rotatable bonds is 8. The summed E-state index contributed by atoms with van der Waals surface area (Å²) in [5.74, 6) is 6.82. The average Bonchev–Trinajstić information content (AvgIpc) is 2.82. The van der Waals surface area contributed by atoms with Crippen LogP contribution in [-0.2, 0) is 0 Å². The molecule has 2 radical (unpaired) electrons. The van der Waals surface area contributed by atoms with E-state index in [2.05, 4.69) is 31.2 Å². The molecule has 2 fully saturated rings. The van der Waals surface area contributed by atoms with Gasteiger partial charge in [0.2, 0.25) is 0 Å². The standard InChI is InChI=1S/C29H40N2O/c1-2-3-4-5-21-6-8-22(9-7-21)23-10-12-24(13-11-23)25-14-17-27(18-15-25)32-29-19-16-26(30)20-28(29)31/h14-21,23H,2-13,30-31H2,1H3. The number of hydrogen-bond acceptors (Lipinski definition) is 3. The molecular formula is C29H40N2O. The van der Waals surface area contributed by atoms with Crippen molar-refractivity contribution < 1.29 is 4.74 Å². The molecule has 32 heavy (non-hydrogen) atoms. The second kappa shape index (κ2) is 11.1. The van der Waals surface area contributed by atoms with Gasteiger partial charge < -0.3 is 16.2 Å². The Morgan fingerprint density at radius 1 is 0.844 bits per heavy atom. The molecule has 0 heterocycles. The van der Waals surface area contributed by atoms with Gasteiger partial charge in [0.1, 0.15) is 11.5 Å². The highest BCUT2D eigenvalue weighted by Gasteiger charge is 2.31. The van der Waals surface area contributed by atoms with Crippen LogP contribution in [0.15, 0.2) is 42.5 Å². The maximum atomic E-state index is 6.01. The molecule has 2 aromatic rings. The van der Waals surface area contributed by atoms with Gasteiger partial charge in [-0.15, -0.1) is 0 Å². The molecule has 0 spiro atoms. The average molecular weight is 433 g/mol. The van der Waals surface area contributed by atoms with Crippen molar-refractivity contribution in [3.05, 3.63) is 59.9 Å². The van der Waals surface area contributed by atoms with Gasteiger partial charge in [0.25, 0.3) is 0 Å². The van der Waals surface area contributed by atoms with Gasteiger partial charge in [0.15, 0.2) is 0 Å². The first-order valence-corrected chi connectivity index (χ1v) is 12.7. The highest BCUT2D eigenvalue weighted by molar-refractivity contribution is 5.61.